The predicted molar refractivity (Wildman–Crippen MR) is 216 cm³/mol. The largest absolute Gasteiger partial charge is 0.309 e. The highest BCUT2D eigenvalue weighted by molar-refractivity contribution is 6.22. The summed E-state index contributed by atoms with van der Waals surface area (Å²) in [6.45, 7) is 0. The van der Waals surface area contributed by atoms with E-state index in [1.54, 1.807) is 0 Å². The molecule has 240 valence electrons. The monoisotopic (exact) mass is 660 g/mol. The summed E-state index contributed by atoms with van der Waals surface area (Å²) in [4.78, 5) is 9.79. The van der Waals surface area contributed by atoms with E-state index in [2.05, 4.69) is 167 Å². The van der Waals surface area contributed by atoms with Gasteiger partial charge in [0, 0.05) is 44.4 Å². The van der Waals surface area contributed by atoms with Gasteiger partial charge in [0.1, 0.15) is 0 Å². The summed E-state index contributed by atoms with van der Waals surface area (Å²) < 4.78 is 4.76. The van der Waals surface area contributed by atoms with Crippen molar-refractivity contribution in [2.24, 2.45) is 0 Å². The number of aromatic nitrogens is 4. The Labute approximate surface area is 298 Å². The first kappa shape index (κ1) is 27.7. The third-order valence-corrected chi connectivity index (χ3v) is 11.1. The standard InChI is InChI=1S/C48H28N4/c1-2-11-33(12-3-1)51-43-21-19-32(26-40(43)46-35-13-5-4-9-29(35)17-22-44(46)51)31-18-20-42-38(25-31)36-14-6-7-16-41(36)52(42)34-27-39-37-15-8-10-30-23-24-49-48(45(30)37)47(39)50-28-34/h1-28H. The van der Waals surface area contributed by atoms with E-state index < -0.39 is 0 Å². The summed E-state index contributed by atoms with van der Waals surface area (Å²) in [6, 6.07) is 57.4. The Morgan fingerprint density at radius 2 is 1.06 bits per heavy atom. The van der Waals surface area contributed by atoms with Crippen molar-refractivity contribution in [1.82, 2.24) is 19.1 Å². The average molecular weight is 661 g/mol. The number of hydrogen-bond donors (Lipinski definition) is 0. The number of hydrogen-bond acceptors (Lipinski definition) is 2. The van der Waals surface area contributed by atoms with E-state index in [1.807, 2.05) is 12.4 Å². The molecular formula is C48H28N4. The van der Waals surface area contributed by atoms with Gasteiger partial charge in [-0.05, 0) is 93.5 Å². The SMILES string of the molecule is c1ccc(-n2c3ccc(-c4ccc5c(c4)c4ccccc4n5-c4cnc5c(c4)-c4cccc6ccnc-5c46)cc3c3c4ccccc4ccc32)cc1. The van der Waals surface area contributed by atoms with Crippen LogP contribution in [0.4, 0.5) is 0 Å². The molecule has 7 aromatic carbocycles. The quantitative estimate of drug-likeness (QED) is 0.189. The zero-order chi connectivity index (χ0) is 33.9. The van der Waals surface area contributed by atoms with Crippen LogP contribution in [-0.4, -0.2) is 19.1 Å². The van der Waals surface area contributed by atoms with Gasteiger partial charge in [0.15, 0.2) is 0 Å². The van der Waals surface area contributed by atoms with Gasteiger partial charge in [-0.25, -0.2) is 0 Å². The second kappa shape index (κ2) is 10.3. The van der Waals surface area contributed by atoms with E-state index in [-0.39, 0.29) is 0 Å². The van der Waals surface area contributed by atoms with E-state index >= 15 is 0 Å². The predicted octanol–water partition coefficient (Wildman–Crippen LogP) is 12.3. The summed E-state index contributed by atoms with van der Waals surface area (Å²) in [5.41, 5.74) is 13.6. The molecule has 0 fully saturated rings. The highest BCUT2D eigenvalue weighted by atomic mass is 15.0. The van der Waals surface area contributed by atoms with Crippen molar-refractivity contribution in [2.45, 2.75) is 0 Å². The first-order valence-corrected chi connectivity index (χ1v) is 17.7. The average Bonchev–Trinajstić information content (AvgIpc) is 3.84. The maximum atomic E-state index is 5.05. The Bertz CT molecular complexity index is 3290. The zero-order valence-corrected chi connectivity index (χ0v) is 28.0. The van der Waals surface area contributed by atoms with Crippen LogP contribution in [-0.2, 0) is 0 Å². The highest BCUT2D eigenvalue weighted by Crippen LogP contribution is 2.46. The van der Waals surface area contributed by atoms with Gasteiger partial charge in [0.2, 0.25) is 0 Å². The van der Waals surface area contributed by atoms with Crippen LogP contribution in [0.5, 0.6) is 0 Å². The molecule has 4 nitrogen and oxygen atoms in total. The van der Waals surface area contributed by atoms with Crippen LogP contribution in [0.25, 0.3) is 110 Å². The summed E-state index contributed by atoms with van der Waals surface area (Å²) >= 11 is 0. The maximum Gasteiger partial charge on any atom is 0.0977 e. The highest BCUT2D eigenvalue weighted by Gasteiger charge is 2.25. The lowest BCUT2D eigenvalue weighted by molar-refractivity contribution is 1.14. The number of para-hydroxylation sites is 2. The number of pyridine rings is 2. The normalized spacial score (nSPS) is 12.2. The molecular weight excluding hydrogens is 633 g/mol. The fourth-order valence-corrected chi connectivity index (χ4v) is 8.86. The number of nitrogens with zero attached hydrogens (tertiary/aromatic N) is 4. The molecule has 11 aromatic rings. The Balaban J connectivity index is 1.07. The molecule has 0 amide bonds. The molecule has 0 saturated heterocycles. The number of benzene rings is 7. The van der Waals surface area contributed by atoms with E-state index in [0.29, 0.717) is 0 Å². The zero-order valence-electron chi connectivity index (χ0n) is 28.0. The van der Waals surface area contributed by atoms with Crippen LogP contribution in [0.2, 0.25) is 0 Å². The molecule has 52 heavy (non-hydrogen) atoms. The summed E-state index contributed by atoms with van der Waals surface area (Å²) in [5, 5.41) is 9.89. The minimum Gasteiger partial charge on any atom is -0.309 e. The minimum absolute atomic E-state index is 0.954. The van der Waals surface area contributed by atoms with Crippen molar-refractivity contribution in [3.05, 3.63) is 170 Å². The fraction of sp³-hybridized carbons (Fsp3) is 0. The first-order valence-electron chi connectivity index (χ1n) is 17.7. The molecule has 0 atom stereocenters. The number of rotatable bonds is 3. The molecule has 4 heteroatoms. The first-order chi connectivity index (χ1) is 25.8. The van der Waals surface area contributed by atoms with Gasteiger partial charge in [0.25, 0.3) is 0 Å². The Morgan fingerprint density at radius 1 is 0.365 bits per heavy atom. The lowest BCUT2D eigenvalue weighted by Crippen LogP contribution is -1.96. The van der Waals surface area contributed by atoms with E-state index in [4.69, 9.17) is 9.97 Å². The van der Waals surface area contributed by atoms with E-state index in [1.165, 1.54) is 70.8 Å². The van der Waals surface area contributed by atoms with Gasteiger partial charge in [0.05, 0.1) is 45.3 Å². The van der Waals surface area contributed by atoms with E-state index in [0.717, 1.165) is 39.4 Å². The van der Waals surface area contributed by atoms with Crippen molar-refractivity contribution in [2.75, 3.05) is 0 Å². The third-order valence-electron chi connectivity index (χ3n) is 11.1. The molecule has 0 radical (unpaired) electrons. The van der Waals surface area contributed by atoms with Crippen molar-refractivity contribution < 1.29 is 0 Å². The molecule has 4 heterocycles. The Hall–Kier alpha value is -7.04. The molecule has 1 aliphatic carbocycles. The van der Waals surface area contributed by atoms with Crippen molar-refractivity contribution in [3.63, 3.8) is 0 Å². The smallest absolute Gasteiger partial charge is 0.0977 e. The van der Waals surface area contributed by atoms with Crippen LogP contribution < -0.4 is 0 Å². The maximum absolute atomic E-state index is 5.05. The Morgan fingerprint density at radius 3 is 1.94 bits per heavy atom. The third kappa shape index (κ3) is 3.70. The molecule has 0 N–H and O–H groups in total. The molecule has 0 aliphatic heterocycles. The van der Waals surface area contributed by atoms with Crippen LogP contribution in [0.3, 0.4) is 0 Å². The molecule has 12 rings (SSSR count). The molecule has 0 unspecified atom stereocenters. The van der Waals surface area contributed by atoms with Crippen LogP contribution in [0.15, 0.2) is 170 Å². The molecule has 0 bridgehead atoms. The summed E-state index contributed by atoms with van der Waals surface area (Å²) in [5.74, 6) is 0. The van der Waals surface area contributed by atoms with Crippen LogP contribution in [0, 0.1) is 0 Å². The van der Waals surface area contributed by atoms with Crippen molar-refractivity contribution >= 4 is 65.2 Å². The summed E-state index contributed by atoms with van der Waals surface area (Å²) in [6.07, 6.45) is 3.89. The van der Waals surface area contributed by atoms with Gasteiger partial charge >= 0.3 is 0 Å². The minimum atomic E-state index is 0.954. The van der Waals surface area contributed by atoms with Crippen molar-refractivity contribution in [1.29, 1.82) is 0 Å². The summed E-state index contributed by atoms with van der Waals surface area (Å²) in [7, 11) is 0. The lowest BCUT2D eigenvalue weighted by atomic mass is 9.99. The molecule has 0 spiro atoms. The van der Waals surface area contributed by atoms with Gasteiger partial charge in [-0.2, -0.15) is 0 Å². The second-order valence-corrected chi connectivity index (χ2v) is 13.8. The van der Waals surface area contributed by atoms with Gasteiger partial charge in [-0.15, -0.1) is 0 Å². The lowest BCUT2D eigenvalue weighted by Gasteiger charge is -2.11. The number of fused-ring (bicyclic) bond motifs is 11. The van der Waals surface area contributed by atoms with Crippen LogP contribution in [0.1, 0.15) is 0 Å². The van der Waals surface area contributed by atoms with Gasteiger partial charge < -0.3 is 9.13 Å². The molecule has 4 aromatic heterocycles. The van der Waals surface area contributed by atoms with Crippen molar-refractivity contribution in [3.8, 4) is 45.0 Å². The fourth-order valence-electron chi connectivity index (χ4n) is 8.86. The topological polar surface area (TPSA) is 35.6 Å². The molecule has 1 aliphatic rings. The van der Waals surface area contributed by atoms with Gasteiger partial charge in [-0.1, -0.05) is 97.1 Å². The molecule has 0 saturated carbocycles. The van der Waals surface area contributed by atoms with Gasteiger partial charge in [-0.3, -0.25) is 9.97 Å². The van der Waals surface area contributed by atoms with E-state index in [9.17, 15) is 0 Å². The Kier molecular flexibility index (Phi) is 5.47. The second-order valence-electron chi connectivity index (χ2n) is 13.8. The van der Waals surface area contributed by atoms with Crippen LogP contribution >= 0.6 is 0 Å².